The van der Waals surface area contributed by atoms with E-state index in [-0.39, 0.29) is 29.6 Å². The van der Waals surface area contributed by atoms with Crippen molar-refractivity contribution in [3.63, 3.8) is 0 Å². The van der Waals surface area contributed by atoms with Gasteiger partial charge in [-0.05, 0) is 5.56 Å². The van der Waals surface area contributed by atoms with Crippen molar-refractivity contribution in [3.8, 4) is 0 Å². The van der Waals surface area contributed by atoms with Gasteiger partial charge in [0.05, 0.1) is 0 Å². The molecular formula is C7H7N2Na. The number of fused-ring (bicyclic) bond motifs is 1. The van der Waals surface area contributed by atoms with E-state index in [1.807, 2.05) is 18.2 Å². The monoisotopic (exact) mass is 142 g/mol. The van der Waals surface area contributed by atoms with Crippen LogP contribution >= 0.6 is 0 Å². The van der Waals surface area contributed by atoms with Crippen molar-refractivity contribution >= 4 is 5.69 Å². The van der Waals surface area contributed by atoms with Crippen LogP contribution < -0.4 is 35.0 Å². The molecule has 0 radical (unpaired) electrons. The molecule has 0 saturated heterocycles. The Kier molecular flexibility index (Phi) is 2.74. The standard InChI is InChI=1S/C7H7N2.Na/c1-2-4-7-6(3-1)5-8-9-7;/h1-4,8H,5H2;/q-1;+1. The van der Waals surface area contributed by atoms with Crippen LogP contribution in [0, 0.1) is 0 Å². The van der Waals surface area contributed by atoms with E-state index in [2.05, 4.69) is 16.9 Å². The molecule has 1 aromatic rings. The Morgan fingerprint density at radius 2 is 2.10 bits per heavy atom. The first-order valence-electron chi connectivity index (χ1n) is 2.98. The minimum Gasteiger partial charge on any atom is -0.622 e. The molecule has 1 aromatic carbocycles. The van der Waals surface area contributed by atoms with Crippen LogP contribution in [0.1, 0.15) is 5.56 Å². The van der Waals surface area contributed by atoms with E-state index in [0.29, 0.717) is 0 Å². The molecule has 1 aliphatic rings. The smallest absolute Gasteiger partial charge is 0.622 e. The van der Waals surface area contributed by atoms with Crippen LogP contribution in [0.4, 0.5) is 5.69 Å². The van der Waals surface area contributed by atoms with Gasteiger partial charge in [-0.15, -0.1) is 5.69 Å². The molecule has 1 N–H and O–H groups in total. The van der Waals surface area contributed by atoms with Crippen molar-refractivity contribution < 1.29 is 29.6 Å². The van der Waals surface area contributed by atoms with E-state index in [9.17, 15) is 0 Å². The van der Waals surface area contributed by atoms with Gasteiger partial charge in [-0.2, -0.15) is 0 Å². The van der Waals surface area contributed by atoms with E-state index >= 15 is 0 Å². The molecule has 0 aromatic heterocycles. The molecule has 0 atom stereocenters. The predicted molar refractivity (Wildman–Crippen MR) is 36.3 cm³/mol. The summed E-state index contributed by atoms with van der Waals surface area (Å²) in [6.45, 7) is 0.885. The van der Waals surface area contributed by atoms with E-state index < -0.39 is 0 Å². The second-order valence-corrected chi connectivity index (χ2v) is 2.08. The minimum absolute atomic E-state index is 0. The maximum atomic E-state index is 4.05. The summed E-state index contributed by atoms with van der Waals surface area (Å²) in [6, 6.07) is 8.12. The zero-order chi connectivity index (χ0) is 6.10. The third-order valence-electron chi connectivity index (χ3n) is 1.46. The zero-order valence-electron chi connectivity index (χ0n) is 5.96. The Hall–Kier alpha value is -0.0200. The van der Waals surface area contributed by atoms with Crippen molar-refractivity contribution in [2.75, 3.05) is 0 Å². The van der Waals surface area contributed by atoms with E-state index in [0.717, 1.165) is 12.2 Å². The van der Waals surface area contributed by atoms with Crippen LogP contribution in [0.5, 0.6) is 0 Å². The van der Waals surface area contributed by atoms with Gasteiger partial charge in [-0.3, -0.25) is 0 Å². The second-order valence-electron chi connectivity index (χ2n) is 2.08. The summed E-state index contributed by atoms with van der Waals surface area (Å²) in [5, 5.41) is 0. The fourth-order valence-corrected chi connectivity index (χ4v) is 0.979. The second kappa shape index (κ2) is 3.39. The van der Waals surface area contributed by atoms with E-state index in [1.165, 1.54) is 5.56 Å². The molecule has 2 rings (SSSR count). The van der Waals surface area contributed by atoms with Crippen LogP contribution in [-0.2, 0) is 6.54 Å². The molecule has 0 spiro atoms. The number of rotatable bonds is 0. The normalized spacial score (nSPS) is 13.2. The third kappa shape index (κ3) is 1.35. The Balaban J connectivity index is 0.000000500. The molecular weight excluding hydrogens is 135 g/mol. The largest absolute Gasteiger partial charge is 1.00 e. The molecule has 1 aliphatic heterocycles. The van der Waals surface area contributed by atoms with Crippen LogP contribution in [0.25, 0.3) is 5.43 Å². The fourth-order valence-electron chi connectivity index (χ4n) is 0.979. The molecule has 0 unspecified atom stereocenters. The average molecular weight is 142 g/mol. The summed E-state index contributed by atoms with van der Waals surface area (Å²) in [6.07, 6.45) is 0. The first-order chi connectivity index (χ1) is 4.47. The zero-order valence-corrected chi connectivity index (χ0v) is 7.96. The average Bonchev–Trinajstić information content (AvgIpc) is 2.33. The SMILES string of the molecule is [Na+].c1ccc2c(c1)CN[N-]2. The van der Waals surface area contributed by atoms with Gasteiger partial charge in [-0.1, -0.05) is 24.3 Å². The molecule has 0 bridgehead atoms. The molecule has 3 heteroatoms. The fraction of sp³-hybridized carbons (Fsp3) is 0.143. The maximum absolute atomic E-state index is 4.05. The van der Waals surface area contributed by atoms with Crippen molar-refractivity contribution in [2.24, 2.45) is 0 Å². The van der Waals surface area contributed by atoms with Crippen LogP contribution in [0.3, 0.4) is 0 Å². The Morgan fingerprint density at radius 1 is 1.30 bits per heavy atom. The molecule has 10 heavy (non-hydrogen) atoms. The topological polar surface area (TPSA) is 26.1 Å². The molecule has 0 amide bonds. The Bertz CT molecular complexity index is 202. The van der Waals surface area contributed by atoms with Crippen molar-refractivity contribution in [1.82, 2.24) is 5.43 Å². The van der Waals surface area contributed by atoms with Crippen molar-refractivity contribution in [1.29, 1.82) is 0 Å². The molecule has 1 heterocycles. The molecule has 0 fully saturated rings. The molecule has 0 saturated carbocycles. The number of nitrogens with one attached hydrogen (secondary N) is 1. The first kappa shape index (κ1) is 8.08. The van der Waals surface area contributed by atoms with Gasteiger partial charge in [0.1, 0.15) is 0 Å². The van der Waals surface area contributed by atoms with Gasteiger partial charge in [0.2, 0.25) is 0 Å². The van der Waals surface area contributed by atoms with Crippen LogP contribution in [0.15, 0.2) is 24.3 Å². The Labute approximate surface area is 82.3 Å². The van der Waals surface area contributed by atoms with E-state index in [1.54, 1.807) is 0 Å². The number of para-hydroxylation sites is 1. The first-order valence-corrected chi connectivity index (χ1v) is 2.98. The van der Waals surface area contributed by atoms with Gasteiger partial charge in [0.15, 0.2) is 0 Å². The summed E-state index contributed by atoms with van der Waals surface area (Å²) in [5.41, 5.74) is 9.33. The predicted octanol–water partition coefficient (Wildman–Crippen LogP) is -1.29. The van der Waals surface area contributed by atoms with Crippen LogP contribution in [0.2, 0.25) is 0 Å². The summed E-state index contributed by atoms with van der Waals surface area (Å²) < 4.78 is 0. The number of benzene rings is 1. The van der Waals surface area contributed by atoms with Gasteiger partial charge >= 0.3 is 29.6 Å². The van der Waals surface area contributed by atoms with Crippen molar-refractivity contribution in [2.45, 2.75) is 6.54 Å². The van der Waals surface area contributed by atoms with E-state index in [4.69, 9.17) is 0 Å². The molecule has 46 valence electrons. The summed E-state index contributed by atoms with van der Waals surface area (Å²) >= 11 is 0. The van der Waals surface area contributed by atoms with Gasteiger partial charge in [-0.25, -0.2) is 0 Å². The van der Waals surface area contributed by atoms with Crippen molar-refractivity contribution in [3.05, 3.63) is 35.3 Å². The van der Waals surface area contributed by atoms with Crippen LogP contribution in [-0.4, -0.2) is 0 Å². The summed E-state index contributed by atoms with van der Waals surface area (Å²) in [7, 11) is 0. The summed E-state index contributed by atoms with van der Waals surface area (Å²) in [4.78, 5) is 0. The molecule has 0 aliphatic carbocycles. The third-order valence-corrected chi connectivity index (χ3v) is 1.46. The maximum Gasteiger partial charge on any atom is 1.00 e. The summed E-state index contributed by atoms with van der Waals surface area (Å²) in [5.74, 6) is 0. The van der Waals surface area contributed by atoms with Gasteiger partial charge < -0.3 is 10.9 Å². The minimum atomic E-state index is 0. The quantitative estimate of drug-likeness (QED) is 0.448. The Morgan fingerprint density at radius 3 is 2.90 bits per heavy atom. The number of nitrogens with zero attached hydrogens (tertiary/aromatic N) is 1. The van der Waals surface area contributed by atoms with Gasteiger partial charge in [0.25, 0.3) is 0 Å². The molecule has 2 nitrogen and oxygen atoms in total. The van der Waals surface area contributed by atoms with Gasteiger partial charge in [0, 0.05) is 6.54 Å². The number of hydrogen-bond donors (Lipinski definition) is 1. The number of hydrogen-bond acceptors (Lipinski definition) is 1.